The van der Waals surface area contributed by atoms with E-state index in [1.807, 2.05) is 32.1 Å². The molecule has 1 aromatic carbocycles. The third-order valence-corrected chi connectivity index (χ3v) is 3.41. The molecule has 1 aliphatic rings. The van der Waals surface area contributed by atoms with Gasteiger partial charge in [0.25, 0.3) is 0 Å². The molecule has 0 spiro atoms. The minimum absolute atomic E-state index is 0.509. The molecule has 4 heteroatoms. The maximum absolute atomic E-state index is 5.81. The molecule has 0 aromatic heterocycles. The molecule has 0 bridgehead atoms. The largest absolute Gasteiger partial charge is 0.493 e. The first-order valence-electron chi connectivity index (χ1n) is 7.38. The van der Waals surface area contributed by atoms with Crippen LogP contribution >= 0.6 is 0 Å². The van der Waals surface area contributed by atoms with E-state index in [0.29, 0.717) is 29.9 Å². The number of allylic oxidation sites excluding steroid dienone is 1. The minimum Gasteiger partial charge on any atom is -0.493 e. The van der Waals surface area contributed by atoms with Crippen LogP contribution in [0, 0.1) is 0 Å². The normalized spacial score (nSPS) is 13.7. The molecule has 2 rings (SSSR count). The van der Waals surface area contributed by atoms with E-state index in [-0.39, 0.29) is 0 Å². The lowest BCUT2D eigenvalue weighted by Crippen LogP contribution is -2.15. The standard InChI is InChI=1S/C17H25NO3/c1-12(2)7-8-21-17-15(19-3)9-13(10-16(17)20-4)11-18-14-5-6-14/h7,9-10,14,18H,5-6,8,11H2,1-4H3. The van der Waals surface area contributed by atoms with Crippen molar-refractivity contribution in [3.63, 3.8) is 0 Å². The lowest BCUT2D eigenvalue weighted by atomic mass is 10.1. The second-order valence-corrected chi connectivity index (χ2v) is 5.58. The monoisotopic (exact) mass is 291 g/mol. The highest BCUT2D eigenvalue weighted by Crippen LogP contribution is 2.38. The van der Waals surface area contributed by atoms with Gasteiger partial charge in [0.15, 0.2) is 11.5 Å². The van der Waals surface area contributed by atoms with Crippen LogP contribution in [0.2, 0.25) is 0 Å². The first-order valence-corrected chi connectivity index (χ1v) is 7.38. The quantitative estimate of drug-likeness (QED) is 0.746. The fourth-order valence-electron chi connectivity index (χ4n) is 2.02. The van der Waals surface area contributed by atoms with Gasteiger partial charge in [-0.15, -0.1) is 0 Å². The second-order valence-electron chi connectivity index (χ2n) is 5.58. The Morgan fingerprint density at radius 1 is 1.19 bits per heavy atom. The SMILES string of the molecule is COc1cc(CNC2CC2)cc(OC)c1OCC=C(C)C. The van der Waals surface area contributed by atoms with Gasteiger partial charge in [0.1, 0.15) is 6.61 Å². The van der Waals surface area contributed by atoms with Crippen LogP contribution in [0.4, 0.5) is 0 Å². The van der Waals surface area contributed by atoms with Gasteiger partial charge < -0.3 is 19.5 Å². The van der Waals surface area contributed by atoms with Gasteiger partial charge in [0, 0.05) is 12.6 Å². The summed E-state index contributed by atoms with van der Waals surface area (Å²) >= 11 is 0. The highest BCUT2D eigenvalue weighted by Gasteiger charge is 2.21. The van der Waals surface area contributed by atoms with Crippen LogP contribution in [-0.2, 0) is 6.54 Å². The summed E-state index contributed by atoms with van der Waals surface area (Å²) in [5.74, 6) is 2.08. The second kappa shape index (κ2) is 7.36. The Hall–Kier alpha value is -1.68. The molecule has 1 saturated carbocycles. The smallest absolute Gasteiger partial charge is 0.203 e. The van der Waals surface area contributed by atoms with Crippen LogP contribution in [0.5, 0.6) is 17.2 Å². The molecule has 1 fully saturated rings. The van der Waals surface area contributed by atoms with Gasteiger partial charge in [-0.05, 0) is 50.5 Å². The predicted octanol–water partition coefficient (Wildman–Crippen LogP) is 3.30. The molecule has 0 unspecified atom stereocenters. The molecule has 116 valence electrons. The van der Waals surface area contributed by atoms with Gasteiger partial charge in [-0.2, -0.15) is 0 Å². The summed E-state index contributed by atoms with van der Waals surface area (Å²) in [6.45, 7) is 5.43. The lowest BCUT2D eigenvalue weighted by molar-refractivity contribution is 0.300. The first-order chi connectivity index (χ1) is 10.1. The van der Waals surface area contributed by atoms with Gasteiger partial charge in [-0.25, -0.2) is 0 Å². The highest BCUT2D eigenvalue weighted by atomic mass is 16.5. The van der Waals surface area contributed by atoms with Crippen LogP contribution in [0.3, 0.4) is 0 Å². The van der Waals surface area contributed by atoms with E-state index < -0.39 is 0 Å². The van der Waals surface area contributed by atoms with Crippen molar-refractivity contribution >= 4 is 0 Å². The van der Waals surface area contributed by atoms with Crippen LogP contribution in [0.15, 0.2) is 23.8 Å². The van der Waals surface area contributed by atoms with Crippen molar-refractivity contribution in [3.8, 4) is 17.2 Å². The zero-order chi connectivity index (χ0) is 15.2. The van der Waals surface area contributed by atoms with E-state index in [9.17, 15) is 0 Å². The van der Waals surface area contributed by atoms with Gasteiger partial charge >= 0.3 is 0 Å². The summed E-state index contributed by atoms with van der Waals surface area (Å²) in [4.78, 5) is 0. The summed E-state index contributed by atoms with van der Waals surface area (Å²) in [5, 5.41) is 3.49. The number of nitrogens with one attached hydrogen (secondary N) is 1. The first kappa shape index (κ1) is 15.7. The Bertz CT molecular complexity index is 478. The number of ether oxygens (including phenoxy) is 3. The molecule has 0 heterocycles. The fourth-order valence-corrected chi connectivity index (χ4v) is 2.02. The molecule has 1 N–H and O–H groups in total. The summed E-state index contributed by atoms with van der Waals surface area (Å²) in [6, 6.07) is 4.70. The van der Waals surface area contributed by atoms with E-state index in [2.05, 4.69) is 5.32 Å². The summed E-state index contributed by atoms with van der Waals surface area (Å²) < 4.78 is 16.7. The number of hydrogen-bond donors (Lipinski definition) is 1. The average molecular weight is 291 g/mol. The zero-order valence-electron chi connectivity index (χ0n) is 13.4. The van der Waals surface area contributed by atoms with Crippen molar-refractivity contribution in [2.75, 3.05) is 20.8 Å². The third-order valence-electron chi connectivity index (χ3n) is 3.41. The summed E-state index contributed by atoms with van der Waals surface area (Å²) in [6.07, 6.45) is 4.58. The Labute approximate surface area is 127 Å². The minimum atomic E-state index is 0.509. The van der Waals surface area contributed by atoms with Crippen molar-refractivity contribution in [2.24, 2.45) is 0 Å². The molecule has 0 atom stereocenters. The number of methoxy groups -OCH3 is 2. The number of hydrogen-bond acceptors (Lipinski definition) is 4. The molecule has 1 aromatic rings. The van der Waals surface area contributed by atoms with E-state index in [1.165, 1.54) is 18.4 Å². The van der Waals surface area contributed by atoms with Crippen LogP contribution in [0.25, 0.3) is 0 Å². The molecular formula is C17H25NO3. The molecule has 0 amide bonds. The van der Waals surface area contributed by atoms with Crippen LogP contribution < -0.4 is 19.5 Å². The van der Waals surface area contributed by atoms with Crippen LogP contribution in [0.1, 0.15) is 32.3 Å². The van der Waals surface area contributed by atoms with Gasteiger partial charge in [0.2, 0.25) is 5.75 Å². The van der Waals surface area contributed by atoms with E-state index in [4.69, 9.17) is 14.2 Å². The molecule has 0 radical (unpaired) electrons. The Morgan fingerprint density at radius 3 is 2.29 bits per heavy atom. The molecule has 21 heavy (non-hydrogen) atoms. The van der Waals surface area contributed by atoms with E-state index in [1.54, 1.807) is 14.2 Å². The Kier molecular flexibility index (Phi) is 5.51. The number of rotatable bonds is 8. The molecule has 1 aliphatic carbocycles. The summed E-state index contributed by atoms with van der Waals surface area (Å²) in [5.41, 5.74) is 2.36. The Morgan fingerprint density at radius 2 is 1.81 bits per heavy atom. The molecular weight excluding hydrogens is 266 g/mol. The Balaban J connectivity index is 2.14. The topological polar surface area (TPSA) is 39.7 Å². The van der Waals surface area contributed by atoms with Gasteiger partial charge in [-0.3, -0.25) is 0 Å². The average Bonchev–Trinajstić information content (AvgIpc) is 3.29. The van der Waals surface area contributed by atoms with Crippen molar-refractivity contribution in [2.45, 2.75) is 39.3 Å². The summed E-state index contributed by atoms with van der Waals surface area (Å²) in [7, 11) is 3.31. The maximum Gasteiger partial charge on any atom is 0.203 e. The van der Waals surface area contributed by atoms with E-state index >= 15 is 0 Å². The number of benzene rings is 1. The fraction of sp³-hybridized carbons (Fsp3) is 0.529. The van der Waals surface area contributed by atoms with Crippen molar-refractivity contribution in [1.82, 2.24) is 5.32 Å². The van der Waals surface area contributed by atoms with Crippen molar-refractivity contribution in [1.29, 1.82) is 0 Å². The van der Waals surface area contributed by atoms with Gasteiger partial charge in [0.05, 0.1) is 14.2 Å². The third kappa shape index (κ3) is 4.67. The van der Waals surface area contributed by atoms with Crippen molar-refractivity contribution < 1.29 is 14.2 Å². The zero-order valence-corrected chi connectivity index (χ0v) is 13.4. The van der Waals surface area contributed by atoms with Gasteiger partial charge in [-0.1, -0.05) is 5.57 Å². The maximum atomic E-state index is 5.81. The molecule has 0 aliphatic heterocycles. The lowest BCUT2D eigenvalue weighted by Gasteiger charge is -2.16. The molecule has 0 saturated heterocycles. The predicted molar refractivity (Wildman–Crippen MR) is 84.3 cm³/mol. The van der Waals surface area contributed by atoms with E-state index in [0.717, 1.165) is 12.1 Å². The van der Waals surface area contributed by atoms with Crippen molar-refractivity contribution in [3.05, 3.63) is 29.3 Å². The van der Waals surface area contributed by atoms with Crippen LogP contribution in [-0.4, -0.2) is 26.9 Å². The highest BCUT2D eigenvalue weighted by molar-refractivity contribution is 5.54. The molecule has 4 nitrogen and oxygen atoms in total.